The minimum absolute atomic E-state index is 0.0151. The molecule has 1 atom stereocenters. The number of amides is 2. The number of Topliss-reactive ketones (excluding diaryl/α,β-unsaturated/α-hetero) is 1. The Labute approximate surface area is 167 Å². The first-order valence-corrected chi connectivity index (χ1v) is 10.2. The van der Waals surface area contributed by atoms with Crippen molar-refractivity contribution in [3.63, 3.8) is 0 Å². The minimum atomic E-state index is -0.363. The lowest BCUT2D eigenvalue weighted by Crippen LogP contribution is -2.54. The molecule has 1 heterocycles. The Hall–Kier alpha value is -2.54. The monoisotopic (exact) mass is 402 g/mol. The summed E-state index contributed by atoms with van der Waals surface area (Å²) < 4.78 is 13.0. The molecule has 2 N–H and O–H groups in total. The Morgan fingerprint density at radius 2 is 1.75 bits per heavy atom. The van der Waals surface area contributed by atoms with E-state index in [1.54, 1.807) is 25.1 Å². The van der Waals surface area contributed by atoms with Gasteiger partial charge in [-0.15, -0.1) is 11.3 Å². The molecule has 0 radical (unpaired) electrons. The van der Waals surface area contributed by atoms with Crippen molar-refractivity contribution in [2.75, 3.05) is 0 Å². The summed E-state index contributed by atoms with van der Waals surface area (Å²) in [4.78, 5) is 36.9. The first-order chi connectivity index (χ1) is 13.4. The standard InChI is InChI=1S/C21H23FN2O3S/c1-13(14-4-6-15(22)7-5-14)21(27)24-17-11-16(12-17)23-20(26)9-8-18(25)19-3-2-10-28-19/h2-7,10,13,16-17H,8-9,11-12H2,1H3,(H,23,26)(H,24,27). The van der Waals surface area contributed by atoms with Gasteiger partial charge in [-0.25, -0.2) is 4.39 Å². The third-order valence-corrected chi connectivity index (χ3v) is 5.90. The molecular formula is C21H23FN2O3S. The predicted molar refractivity (Wildman–Crippen MR) is 106 cm³/mol. The second kappa shape index (κ2) is 9.10. The number of carbonyl (C=O) groups excluding carboxylic acids is 3. The Morgan fingerprint density at radius 1 is 1.07 bits per heavy atom. The van der Waals surface area contributed by atoms with Gasteiger partial charge in [-0.3, -0.25) is 14.4 Å². The zero-order valence-electron chi connectivity index (χ0n) is 15.6. The molecule has 1 unspecified atom stereocenters. The van der Waals surface area contributed by atoms with Crippen molar-refractivity contribution in [1.29, 1.82) is 0 Å². The summed E-state index contributed by atoms with van der Waals surface area (Å²) in [5.41, 5.74) is 0.762. The maximum atomic E-state index is 13.0. The molecule has 0 aliphatic heterocycles. The van der Waals surface area contributed by atoms with Gasteiger partial charge in [0.25, 0.3) is 0 Å². The van der Waals surface area contributed by atoms with Gasteiger partial charge in [0.05, 0.1) is 10.8 Å². The molecule has 1 saturated carbocycles. The van der Waals surface area contributed by atoms with Crippen LogP contribution in [0.5, 0.6) is 0 Å². The molecule has 0 bridgehead atoms. The number of ketones is 1. The quantitative estimate of drug-likeness (QED) is 0.665. The molecule has 1 aliphatic carbocycles. The summed E-state index contributed by atoms with van der Waals surface area (Å²) >= 11 is 1.38. The third kappa shape index (κ3) is 5.25. The van der Waals surface area contributed by atoms with Gasteiger partial charge in [-0.2, -0.15) is 0 Å². The normalized spacial score (nSPS) is 19.4. The van der Waals surface area contributed by atoms with Crippen LogP contribution >= 0.6 is 11.3 Å². The van der Waals surface area contributed by atoms with Crippen LogP contribution in [0.15, 0.2) is 41.8 Å². The summed E-state index contributed by atoms with van der Waals surface area (Å²) in [6, 6.07) is 9.54. The van der Waals surface area contributed by atoms with Gasteiger partial charge in [-0.05, 0) is 48.9 Å². The van der Waals surface area contributed by atoms with Crippen LogP contribution < -0.4 is 10.6 Å². The fraction of sp³-hybridized carbons (Fsp3) is 0.381. The third-order valence-electron chi connectivity index (χ3n) is 4.99. The summed E-state index contributed by atoms with van der Waals surface area (Å²) in [7, 11) is 0. The van der Waals surface area contributed by atoms with Gasteiger partial charge >= 0.3 is 0 Å². The highest BCUT2D eigenvalue weighted by Gasteiger charge is 2.32. The highest BCUT2D eigenvalue weighted by atomic mass is 32.1. The maximum Gasteiger partial charge on any atom is 0.227 e. The fourth-order valence-electron chi connectivity index (χ4n) is 3.17. The molecule has 2 amide bonds. The van der Waals surface area contributed by atoms with Crippen LogP contribution in [0, 0.1) is 5.82 Å². The van der Waals surface area contributed by atoms with Gasteiger partial charge in [-0.1, -0.05) is 18.2 Å². The zero-order valence-corrected chi connectivity index (χ0v) is 16.4. The highest BCUT2D eigenvalue weighted by Crippen LogP contribution is 2.23. The van der Waals surface area contributed by atoms with E-state index in [2.05, 4.69) is 10.6 Å². The van der Waals surface area contributed by atoms with Gasteiger partial charge < -0.3 is 10.6 Å². The van der Waals surface area contributed by atoms with Crippen LogP contribution in [0.4, 0.5) is 4.39 Å². The van der Waals surface area contributed by atoms with E-state index in [0.717, 1.165) is 5.56 Å². The number of halogens is 1. The topological polar surface area (TPSA) is 75.3 Å². The largest absolute Gasteiger partial charge is 0.353 e. The SMILES string of the molecule is CC(C(=O)NC1CC(NC(=O)CCC(=O)c2cccs2)C1)c1ccc(F)cc1. The molecule has 3 rings (SSSR count). The molecule has 0 saturated heterocycles. The lowest BCUT2D eigenvalue weighted by atomic mass is 9.86. The summed E-state index contributed by atoms with van der Waals surface area (Å²) in [6.45, 7) is 1.78. The van der Waals surface area contributed by atoms with E-state index in [4.69, 9.17) is 0 Å². The number of hydrogen-bond acceptors (Lipinski definition) is 4. The van der Waals surface area contributed by atoms with Crippen molar-refractivity contribution in [2.45, 2.75) is 50.6 Å². The number of carbonyl (C=O) groups is 3. The number of benzene rings is 1. The molecule has 5 nitrogen and oxygen atoms in total. The number of thiophene rings is 1. The van der Waals surface area contributed by atoms with E-state index in [0.29, 0.717) is 17.7 Å². The van der Waals surface area contributed by atoms with Crippen molar-refractivity contribution in [1.82, 2.24) is 10.6 Å². The van der Waals surface area contributed by atoms with Crippen LogP contribution in [-0.2, 0) is 9.59 Å². The van der Waals surface area contributed by atoms with E-state index < -0.39 is 0 Å². The van der Waals surface area contributed by atoms with Crippen LogP contribution in [0.3, 0.4) is 0 Å². The molecule has 28 heavy (non-hydrogen) atoms. The van der Waals surface area contributed by atoms with Crippen molar-refractivity contribution < 1.29 is 18.8 Å². The van der Waals surface area contributed by atoms with Gasteiger partial charge in [0.1, 0.15) is 5.82 Å². The molecular weight excluding hydrogens is 379 g/mol. The summed E-state index contributed by atoms with van der Waals surface area (Å²) in [5, 5.41) is 7.71. The van der Waals surface area contributed by atoms with Crippen LogP contribution in [0.25, 0.3) is 0 Å². The maximum absolute atomic E-state index is 13.0. The van der Waals surface area contributed by atoms with Crippen molar-refractivity contribution in [2.24, 2.45) is 0 Å². The second-order valence-electron chi connectivity index (χ2n) is 7.12. The van der Waals surface area contributed by atoms with E-state index in [-0.39, 0.29) is 54.3 Å². The van der Waals surface area contributed by atoms with Gasteiger partial charge in [0.2, 0.25) is 11.8 Å². The number of nitrogens with one attached hydrogen (secondary N) is 2. The fourth-order valence-corrected chi connectivity index (χ4v) is 3.86. The average Bonchev–Trinajstić information content (AvgIpc) is 3.19. The minimum Gasteiger partial charge on any atom is -0.353 e. The van der Waals surface area contributed by atoms with Crippen molar-refractivity contribution in [3.05, 3.63) is 58.0 Å². The molecule has 0 spiro atoms. The van der Waals surface area contributed by atoms with E-state index >= 15 is 0 Å². The zero-order chi connectivity index (χ0) is 20.1. The van der Waals surface area contributed by atoms with E-state index in [1.807, 2.05) is 11.4 Å². The molecule has 148 valence electrons. The average molecular weight is 402 g/mol. The van der Waals surface area contributed by atoms with Crippen molar-refractivity contribution >= 4 is 28.9 Å². The second-order valence-corrected chi connectivity index (χ2v) is 8.06. The summed E-state index contributed by atoms with van der Waals surface area (Å²) in [5.74, 6) is -0.954. The van der Waals surface area contributed by atoms with Crippen LogP contribution in [0.1, 0.15) is 53.8 Å². The Bertz CT molecular complexity index is 830. The van der Waals surface area contributed by atoms with Gasteiger partial charge in [0, 0.05) is 24.9 Å². The molecule has 2 aromatic rings. The smallest absolute Gasteiger partial charge is 0.227 e. The van der Waals surface area contributed by atoms with Crippen LogP contribution in [0.2, 0.25) is 0 Å². The highest BCUT2D eigenvalue weighted by molar-refractivity contribution is 7.12. The van der Waals surface area contributed by atoms with Crippen LogP contribution in [-0.4, -0.2) is 29.7 Å². The first-order valence-electron chi connectivity index (χ1n) is 9.34. The Morgan fingerprint density at radius 3 is 2.39 bits per heavy atom. The number of rotatable bonds is 8. The molecule has 1 aliphatic rings. The van der Waals surface area contributed by atoms with Gasteiger partial charge in [0.15, 0.2) is 5.78 Å². The molecule has 1 aromatic carbocycles. The lowest BCUT2D eigenvalue weighted by molar-refractivity contribution is -0.124. The molecule has 1 aromatic heterocycles. The number of hydrogen-bond donors (Lipinski definition) is 2. The lowest BCUT2D eigenvalue weighted by Gasteiger charge is -2.36. The molecule has 1 fully saturated rings. The van der Waals surface area contributed by atoms with E-state index in [9.17, 15) is 18.8 Å². The van der Waals surface area contributed by atoms with Crippen molar-refractivity contribution in [3.8, 4) is 0 Å². The van der Waals surface area contributed by atoms with E-state index in [1.165, 1.54) is 23.5 Å². The Balaban J connectivity index is 1.35. The Kier molecular flexibility index (Phi) is 6.57. The summed E-state index contributed by atoms with van der Waals surface area (Å²) in [6.07, 6.45) is 1.72. The molecule has 7 heteroatoms. The first kappa shape index (κ1) is 20.2. The predicted octanol–water partition coefficient (Wildman–Crippen LogP) is 3.42.